The predicted molar refractivity (Wildman–Crippen MR) is 57.2 cm³/mol. The summed E-state index contributed by atoms with van der Waals surface area (Å²) in [7, 11) is 0. The Labute approximate surface area is 95.2 Å². The second-order valence-corrected chi connectivity index (χ2v) is 3.17. The van der Waals surface area contributed by atoms with Crippen LogP contribution in [0, 0.1) is 6.92 Å². The van der Waals surface area contributed by atoms with Crippen molar-refractivity contribution in [2.75, 3.05) is 0 Å². The first-order valence-corrected chi connectivity index (χ1v) is 4.17. The summed E-state index contributed by atoms with van der Waals surface area (Å²) < 4.78 is 0. The second-order valence-electron chi connectivity index (χ2n) is 2.76. The number of halogens is 1. The van der Waals surface area contributed by atoms with E-state index in [1.54, 1.807) is 0 Å². The topological polar surface area (TPSA) is 12.9 Å². The van der Waals surface area contributed by atoms with E-state index in [2.05, 4.69) is 4.98 Å². The SMILES string of the molecule is Cc1ccc2cccc(Cl)c2n1.[Ga]. The quantitative estimate of drug-likeness (QED) is 0.652. The molecule has 0 aliphatic heterocycles. The Morgan fingerprint density at radius 3 is 2.69 bits per heavy atom. The third-order valence-corrected chi connectivity index (χ3v) is 2.12. The molecule has 2 rings (SSSR count). The van der Waals surface area contributed by atoms with E-state index in [0.717, 1.165) is 21.6 Å². The van der Waals surface area contributed by atoms with Gasteiger partial charge in [-0.1, -0.05) is 29.8 Å². The first-order valence-electron chi connectivity index (χ1n) is 3.79. The minimum absolute atomic E-state index is 0. The van der Waals surface area contributed by atoms with Gasteiger partial charge in [-0.15, -0.1) is 0 Å². The Kier molecular flexibility index (Phi) is 3.42. The molecule has 2 aromatic rings. The van der Waals surface area contributed by atoms with E-state index >= 15 is 0 Å². The normalized spacial score (nSPS) is 9.69. The number of hydrogen-bond acceptors (Lipinski definition) is 1. The molecule has 0 amide bonds. The second kappa shape index (κ2) is 4.18. The van der Waals surface area contributed by atoms with Gasteiger partial charge in [-0.2, -0.15) is 0 Å². The van der Waals surface area contributed by atoms with Crippen molar-refractivity contribution in [3.8, 4) is 0 Å². The van der Waals surface area contributed by atoms with Crippen molar-refractivity contribution >= 4 is 42.3 Å². The molecule has 0 aliphatic rings. The number of aryl methyl sites for hydroxylation is 1. The Morgan fingerprint density at radius 2 is 1.92 bits per heavy atom. The zero-order valence-corrected chi connectivity index (χ0v) is 10.5. The molecule has 0 saturated heterocycles. The fraction of sp³-hybridized carbons (Fsp3) is 0.100. The van der Waals surface area contributed by atoms with Gasteiger partial charge in [-0.25, -0.2) is 0 Å². The molecule has 1 aromatic heterocycles. The average molecular weight is 247 g/mol. The molecule has 3 heteroatoms. The Bertz CT molecular complexity index is 428. The minimum Gasteiger partial charge on any atom is -0.252 e. The maximum atomic E-state index is 5.97. The minimum atomic E-state index is 0. The first kappa shape index (κ1) is 10.6. The van der Waals surface area contributed by atoms with Crippen LogP contribution in [0.25, 0.3) is 10.9 Å². The standard InChI is InChI=1S/C10H8ClN.Ga/c1-7-5-6-8-3-2-4-9(11)10(8)12-7;/h2-6H,1H3;. The molecule has 13 heavy (non-hydrogen) atoms. The van der Waals surface area contributed by atoms with Gasteiger partial charge in [0.1, 0.15) is 0 Å². The van der Waals surface area contributed by atoms with Crippen molar-refractivity contribution in [2.24, 2.45) is 0 Å². The van der Waals surface area contributed by atoms with Gasteiger partial charge in [0.2, 0.25) is 0 Å². The van der Waals surface area contributed by atoms with E-state index in [1.807, 2.05) is 37.3 Å². The van der Waals surface area contributed by atoms with E-state index in [0.29, 0.717) is 0 Å². The monoisotopic (exact) mass is 246 g/mol. The predicted octanol–water partition coefficient (Wildman–Crippen LogP) is 2.82. The molecule has 3 radical (unpaired) electrons. The van der Waals surface area contributed by atoms with Gasteiger partial charge in [-0.05, 0) is 19.1 Å². The number of hydrogen-bond donors (Lipinski definition) is 0. The number of aromatic nitrogens is 1. The van der Waals surface area contributed by atoms with Crippen molar-refractivity contribution < 1.29 is 0 Å². The van der Waals surface area contributed by atoms with E-state index in [1.165, 1.54) is 0 Å². The third-order valence-electron chi connectivity index (χ3n) is 1.81. The summed E-state index contributed by atoms with van der Waals surface area (Å²) in [4.78, 5) is 4.34. The van der Waals surface area contributed by atoms with Crippen LogP contribution in [0.2, 0.25) is 5.02 Å². The molecule has 0 spiro atoms. The number of para-hydroxylation sites is 1. The molecule has 0 bridgehead atoms. The molecule has 0 fully saturated rings. The summed E-state index contributed by atoms with van der Waals surface area (Å²) in [5.74, 6) is 0. The van der Waals surface area contributed by atoms with Crippen LogP contribution in [0.3, 0.4) is 0 Å². The van der Waals surface area contributed by atoms with E-state index in [4.69, 9.17) is 11.6 Å². The molecule has 1 heterocycles. The van der Waals surface area contributed by atoms with Gasteiger partial charge in [0.25, 0.3) is 0 Å². The number of rotatable bonds is 0. The van der Waals surface area contributed by atoms with Crippen molar-refractivity contribution in [1.82, 2.24) is 4.98 Å². The number of benzene rings is 1. The van der Waals surface area contributed by atoms with Gasteiger partial charge in [-0.3, -0.25) is 4.98 Å². The summed E-state index contributed by atoms with van der Waals surface area (Å²) in [5.41, 5.74) is 1.88. The maximum absolute atomic E-state index is 5.97. The zero-order chi connectivity index (χ0) is 8.55. The fourth-order valence-electron chi connectivity index (χ4n) is 1.21. The summed E-state index contributed by atoms with van der Waals surface area (Å²) in [5, 5.41) is 1.81. The van der Waals surface area contributed by atoms with Gasteiger partial charge in [0.05, 0.1) is 10.5 Å². The molecule has 0 unspecified atom stereocenters. The van der Waals surface area contributed by atoms with E-state index in [-0.39, 0.29) is 19.8 Å². The van der Waals surface area contributed by atoms with Crippen LogP contribution in [-0.2, 0) is 0 Å². The van der Waals surface area contributed by atoms with Crippen LogP contribution in [0.15, 0.2) is 30.3 Å². The van der Waals surface area contributed by atoms with Crippen LogP contribution in [0.1, 0.15) is 5.69 Å². The summed E-state index contributed by atoms with van der Waals surface area (Å²) in [6, 6.07) is 9.81. The molecule has 0 atom stereocenters. The van der Waals surface area contributed by atoms with Crippen LogP contribution >= 0.6 is 11.6 Å². The largest absolute Gasteiger partial charge is 0.252 e. The maximum Gasteiger partial charge on any atom is 0.0891 e. The van der Waals surface area contributed by atoms with Crippen molar-refractivity contribution in [2.45, 2.75) is 6.92 Å². The van der Waals surface area contributed by atoms with Gasteiger partial charge in [0.15, 0.2) is 0 Å². The summed E-state index contributed by atoms with van der Waals surface area (Å²) in [6.45, 7) is 1.96. The third kappa shape index (κ3) is 2.07. The molecule has 63 valence electrons. The molecule has 0 saturated carbocycles. The molecular weight excluding hydrogens is 239 g/mol. The molecule has 1 nitrogen and oxygen atoms in total. The van der Waals surface area contributed by atoms with Crippen molar-refractivity contribution in [3.05, 3.63) is 41.0 Å². The molecule has 0 N–H and O–H groups in total. The number of nitrogens with zero attached hydrogens (tertiary/aromatic N) is 1. The Balaban J connectivity index is 0.000000845. The fourth-order valence-corrected chi connectivity index (χ4v) is 1.43. The molecular formula is C10H8ClGaN. The number of fused-ring (bicyclic) bond motifs is 1. The van der Waals surface area contributed by atoms with Crippen LogP contribution in [-0.4, -0.2) is 24.8 Å². The zero-order valence-electron chi connectivity index (χ0n) is 7.29. The van der Waals surface area contributed by atoms with Crippen LogP contribution < -0.4 is 0 Å². The van der Waals surface area contributed by atoms with Gasteiger partial charge in [0, 0.05) is 30.9 Å². The molecule has 1 aromatic carbocycles. The smallest absolute Gasteiger partial charge is 0.0891 e. The molecule has 0 aliphatic carbocycles. The van der Waals surface area contributed by atoms with Crippen molar-refractivity contribution in [3.63, 3.8) is 0 Å². The summed E-state index contributed by atoms with van der Waals surface area (Å²) in [6.07, 6.45) is 0. The Hall–Kier alpha value is -0.444. The summed E-state index contributed by atoms with van der Waals surface area (Å²) >= 11 is 5.97. The van der Waals surface area contributed by atoms with Crippen LogP contribution in [0.5, 0.6) is 0 Å². The number of pyridine rings is 1. The first-order chi connectivity index (χ1) is 5.77. The van der Waals surface area contributed by atoms with Crippen molar-refractivity contribution in [1.29, 1.82) is 0 Å². The van der Waals surface area contributed by atoms with Crippen LogP contribution in [0.4, 0.5) is 0 Å². The van der Waals surface area contributed by atoms with Gasteiger partial charge >= 0.3 is 0 Å². The van der Waals surface area contributed by atoms with Gasteiger partial charge < -0.3 is 0 Å². The van der Waals surface area contributed by atoms with E-state index in [9.17, 15) is 0 Å². The van der Waals surface area contributed by atoms with E-state index < -0.39 is 0 Å². The Morgan fingerprint density at radius 1 is 1.15 bits per heavy atom. The average Bonchev–Trinajstić information content (AvgIpc) is 2.07.